The van der Waals surface area contributed by atoms with Crippen LogP contribution < -0.4 is 10.2 Å². The standard InChI is InChI=1S/C29H30N4O5/c1-27(2,3)37-25(35)32-29(16-21(20(17-30)18-31)19-12-8-7-9-13-19)22-14-10-11-15-23(22)33(24(29)34)26(36)38-28(4,5)6/h7-15H,16H2,1-6H3,(H,32,35)/t29-/m1/s1. The van der Waals surface area contributed by atoms with Gasteiger partial charge in [-0.25, -0.2) is 14.5 Å². The number of benzene rings is 2. The fourth-order valence-corrected chi connectivity index (χ4v) is 4.15. The van der Waals surface area contributed by atoms with E-state index in [1.54, 1.807) is 96.1 Å². The Morgan fingerprint density at radius 1 is 0.895 bits per heavy atom. The number of amides is 3. The Labute approximate surface area is 222 Å². The van der Waals surface area contributed by atoms with Gasteiger partial charge in [-0.05, 0) is 58.7 Å². The van der Waals surface area contributed by atoms with Gasteiger partial charge in [0.25, 0.3) is 5.91 Å². The molecule has 1 aliphatic heterocycles. The lowest BCUT2D eigenvalue weighted by atomic mass is 9.81. The summed E-state index contributed by atoms with van der Waals surface area (Å²) in [6.07, 6.45) is -2.13. The molecular formula is C29H30N4O5. The van der Waals surface area contributed by atoms with Crippen LogP contribution in [0.15, 0.2) is 60.2 Å². The van der Waals surface area contributed by atoms with Crippen molar-refractivity contribution in [1.82, 2.24) is 5.32 Å². The van der Waals surface area contributed by atoms with E-state index in [2.05, 4.69) is 5.32 Å². The highest BCUT2D eigenvalue weighted by Gasteiger charge is 2.56. The molecule has 0 aromatic heterocycles. The van der Waals surface area contributed by atoms with Crippen LogP contribution in [0.25, 0.3) is 5.57 Å². The number of nitrogens with zero attached hydrogens (tertiary/aromatic N) is 3. The van der Waals surface area contributed by atoms with E-state index in [-0.39, 0.29) is 23.3 Å². The molecule has 2 aromatic carbocycles. The van der Waals surface area contributed by atoms with Crippen molar-refractivity contribution >= 4 is 29.4 Å². The smallest absolute Gasteiger partial charge is 0.421 e. The Morgan fingerprint density at radius 2 is 1.45 bits per heavy atom. The molecule has 1 N–H and O–H groups in total. The minimum Gasteiger partial charge on any atom is -0.444 e. The lowest BCUT2D eigenvalue weighted by Crippen LogP contribution is -2.55. The summed E-state index contributed by atoms with van der Waals surface area (Å²) in [4.78, 5) is 41.5. The molecule has 196 valence electrons. The van der Waals surface area contributed by atoms with Crippen LogP contribution in [0.1, 0.15) is 59.1 Å². The maximum absolute atomic E-state index is 14.2. The summed E-state index contributed by atoms with van der Waals surface area (Å²) >= 11 is 0. The summed E-state index contributed by atoms with van der Waals surface area (Å²) in [6.45, 7) is 10.0. The summed E-state index contributed by atoms with van der Waals surface area (Å²) in [5, 5.41) is 22.2. The first-order valence-corrected chi connectivity index (χ1v) is 12.0. The number of ether oxygens (including phenoxy) is 2. The van der Waals surface area contributed by atoms with Crippen molar-refractivity contribution in [2.24, 2.45) is 0 Å². The van der Waals surface area contributed by atoms with Gasteiger partial charge in [0.15, 0.2) is 5.54 Å². The van der Waals surface area contributed by atoms with Crippen molar-refractivity contribution in [3.8, 4) is 12.1 Å². The van der Waals surface area contributed by atoms with Gasteiger partial charge >= 0.3 is 12.2 Å². The molecule has 2 aromatic rings. The topological polar surface area (TPSA) is 133 Å². The summed E-state index contributed by atoms with van der Waals surface area (Å²) in [7, 11) is 0. The molecule has 0 radical (unpaired) electrons. The maximum atomic E-state index is 14.2. The van der Waals surface area contributed by atoms with E-state index < -0.39 is 34.8 Å². The Hall–Kier alpha value is -4.63. The van der Waals surface area contributed by atoms with E-state index in [1.807, 2.05) is 12.1 Å². The predicted molar refractivity (Wildman–Crippen MR) is 140 cm³/mol. The average Bonchev–Trinajstić information content (AvgIpc) is 3.05. The summed E-state index contributed by atoms with van der Waals surface area (Å²) < 4.78 is 11.0. The first kappa shape index (κ1) is 27.9. The number of carbonyl (C=O) groups excluding carboxylic acids is 3. The quantitative estimate of drug-likeness (QED) is 0.527. The second-order valence-electron chi connectivity index (χ2n) is 10.8. The molecule has 38 heavy (non-hydrogen) atoms. The zero-order valence-electron chi connectivity index (χ0n) is 22.3. The van der Waals surface area contributed by atoms with Gasteiger partial charge in [0.1, 0.15) is 28.9 Å². The molecule has 3 rings (SSSR count). The molecule has 0 saturated carbocycles. The van der Waals surface area contributed by atoms with Gasteiger partial charge < -0.3 is 14.8 Å². The number of hydrogen-bond donors (Lipinski definition) is 1. The second-order valence-corrected chi connectivity index (χ2v) is 10.8. The zero-order valence-corrected chi connectivity index (χ0v) is 22.3. The third kappa shape index (κ3) is 5.84. The number of fused-ring (bicyclic) bond motifs is 1. The second kappa shape index (κ2) is 10.4. The Kier molecular flexibility index (Phi) is 7.64. The van der Waals surface area contributed by atoms with Crippen LogP contribution in [-0.2, 0) is 19.8 Å². The van der Waals surface area contributed by atoms with Gasteiger partial charge in [-0.3, -0.25) is 4.79 Å². The van der Waals surface area contributed by atoms with Gasteiger partial charge in [-0.1, -0.05) is 48.5 Å². The van der Waals surface area contributed by atoms with E-state index in [0.29, 0.717) is 11.1 Å². The van der Waals surface area contributed by atoms with Crippen molar-refractivity contribution in [3.05, 3.63) is 71.3 Å². The monoisotopic (exact) mass is 514 g/mol. The molecule has 0 saturated heterocycles. The molecule has 0 bridgehead atoms. The number of rotatable bonds is 4. The highest BCUT2D eigenvalue weighted by Crippen LogP contribution is 2.46. The zero-order chi connectivity index (χ0) is 28.3. The predicted octanol–water partition coefficient (Wildman–Crippen LogP) is 5.58. The van der Waals surface area contributed by atoms with E-state index in [9.17, 15) is 24.9 Å². The molecule has 0 unspecified atom stereocenters. The van der Waals surface area contributed by atoms with Crippen molar-refractivity contribution < 1.29 is 23.9 Å². The maximum Gasteiger partial charge on any atom is 0.421 e. The van der Waals surface area contributed by atoms with Crippen LogP contribution in [0, 0.1) is 22.7 Å². The number of hydrogen-bond acceptors (Lipinski definition) is 7. The fourth-order valence-electron chi connectivity index (χ4n) is 4.15. The van der Waals surface area contributed by atoms with Crippen molar-refractivity contribution in [3.63, 3.8) is 0 Å². The summed E-state index contributed by atoms with van der Waals surface area (Å²) in [5.74, 6) is -0.803. The van der Waals surface area contributed by atoms with Crippen LogP contribution in [-0.4, -0.2) is 29.3 Å². The van der Waals surface area contributed by atoms with Gasteiger partial charge in [-0.2, -0.15) is 10.5 Å². The lowest BCUT2D eigenvalue weighted by Gasteiger charge is -2.32. The van der Waals surface area contributed by atoms with E-state index in [4.69, 9.17) is 9.47 Å². The number of alkyl carbamates (subject to hydrolysis) is 1. The van der Waals surface area contributed by atoms with E-state index in [1.165, 1.54) is 0 Å². The number of anilines is 1. The number of imide groups is 1. The van der Waals surface area contributed by atoms with E-state index >= 15 is 0 Å². The number of nitrogens with one attached hydrogen (secondary N) is 1. The number of allylic oxidation sites excluding steroid dienone is 1. The Morgan fingerprint density at radius 3 is 2.00 bits per heavy atom. The largest absolute Gasteiger partial charge is 0.444 e. The van der Waals surface area contributed by atoms with Gasteiger partial charge in [0.2, 0.25) is 0 Å². The number of carbonyl (C=O) groups is 3. The highest BCUT2D eigenvalue weighted by atomic mass is 16.6. The van der Waals surface area contributed by atoms with Crippen LogP contribution in [0.3, 0.4) is 0 Å². The van der Waals surface area contributed by atoms with Crippen molar-refractivity contribution in [1.29, 1.82) is 10.5 Å². The SMILES string of the molecule is CC(C)(C)OC(=O)N[C@@]1(CC(=C(C#N)C#N)c2ccccc2)C(=O)N(C(=O)OC(C)(C)C)c2ccccc21. The molecule has 0 aliphatic carbocycles. The average molecular weight is 515 g/mol. The summed E-state index contributed by atoms with van der Waals surface area (Å²) in [6, 6.07) is 18.9. The number of para-hydroxylation sites is 1. The molecule has 9 heteroatoms. The minimum atomic E-state index is -1.89. The molecule has 0 fully saturated rings. The molecule has 9 nitrogen and oxygen atoms in total. The van der Waals surface area contributed by atoms with Crippen LogP contribution in [0.2, 0.25) is 0 Å². The number of nitriles is 2. The highest BCUT2D eigenvalue weighted by molar-refractivity contribution is 6.22. The lowest BCUT2D eigenvalue weighted by molar-refractivity contribution is -0.124. The molecule has 1 aliphatic rings. The molecule has 3 amide bonds. The fraction of sp³-hybridized carbons (Fsp3) is 0.345. The van der Waals surface area contributed by atoms with Gasteiger partial charge in [0.05, 0.1) is 5.69 Å². The first-order chi connectivity index (χ1) is 17.7. The molecule has 0 spiro atoms. The Balaban J connectivity index is 2.28. The minimum absolute atomic E-state index is 0.214. The van der Waals surface area contributed by atoms with Crippen LogP contribution >= 0.6 is 0 Å². The third-order valence-corrected chi connectivity index (χ3v) is 5.55. The van der Waals surface area contributed by atoms with Crippen LogP contribution in [0.5, 0.6) is 0 Å². The third-order valence-electron chi connectivity index (χ3n) is 5.55. The first-order valence-electron chi connectivity index (χ1n) is 12.0. The van der Waals surface area contributed by atoms with Gasteiger partial charge in [-0.15, -0.1) is 0 Å². The molecule has 1 heterocycles. The van der Waals surface area contributed by atoms with Crippen molar-refractivity contribution in [2.75, 3.05) is 4.90 Å². The Bertz CT molecular complexity index is 1350. The molecule has 1 atom stereocenters. The molecular weight excluding hydrogens is 484 g/mol. The van der Waals surface area contributed by atoms with Crippen LogP contribution in [0.4, 0.5) is 15.3 Å². The van der Waals surface area contributed by atoms with E-state index in [0.717, 1.165) is 4.90 Å². The summed E-state index contributed by atoms with van der Waals surface area (Å²) in [5.41, 5.74) is -2.67. The normalized spacial score (nSPS) is 16.5. The van der Waals surface area contributed by atoms with Gasteiger partial charge in [0, 0.05) is 12.0 Å². The van der Waals surface area contributed by atoms with Crippen molar-refractivity contribution in [2.45, 2.75) is 64.7 Å².